The third kappa shape index (κ3) is 4.74. The normalized spacial score (nSPS) is 15.4. The molecule has 8 nitrogen and oxygen atoms in total. The van der Waals surface area contributed by atoms with Crippen LogP contribution in [0.3, 0.4) is 0 Å². The van der Waals surface area contributed by atoms with Gasteiger partial charge >= 0.3 is 11.9 Å². The van der Waals surface area contributed by atoms with Crippen molar-refractivity contribution in [3.63, 3.8) is 0 Å². The van der Waals surface area contributed by atoms with Gasteiger partial charge in [-0.05, 0) is 45.4 Å². The van der Waals surface area contributed by atoms with Gasteiger partial charge in [0.05, 0.1) is 35.1 Å². The molecule has 0 spiro atoms. The number of nitrogens with zero attached hydrogens (tertiary/aromatic N) is 3. The molecule has 0 radical (unpaired) electrons. The highest BCUT2D eigenvalue weighted by molar-refractivity contribution is 7.07. The molecule has 1 unspecified atom stereocenters. The van der Waals surface area contributed by atoms with Crippen LogP contribution in [-0.2, 0) is 25.6 Å². The second-order valence-electron chi connectivity index (χ2n) is 9.63. The highest BCUT2D eigenvalue weighted by Crippen LogP contribution is 2.31. The third-order valence-electron chi connectivity index (χ3n) is 6.77. The van der Waals surface area contributed by atoms with Crippen LogP contribution in [0.5, 0.6) is 0 Å². The van der Waals surface area contributed by atoms with Crippen LogP contribution >= 0.6 is 11.3 Å². The Balaban J connectivity index is 1.73. The first-order chi connectivity index (χ1) is 18.7. The van der Waals surface area contributed by atoms with Gasteiger partial charge in [-0.2, -0.15) is 0 Å². The number of rotatable bonds is 6. The number of ether oxygens (including phenoxy) is 2. The molecular formula is C30H29N3O5S. The monoisotopic (exact) mass is 543 g/mol. The molecule has 3 heterocycles. The van der Waals surface area contributed by atoms with E-state index in [0.717, 1.165) is 27.7 Å². The summed E-state index contributed by atoms with van der Waals surface area (Å²) in [6.45, 7) is 7.34. The molecule has 0 bridgehead atoms. The molecule has 200 valence electrons. The molecule has 2 aromatic heterocycles. The first kappa shape index (κ1) is 26.4. The van der Waals surface area contributed by atoms with Crippen LogP contribution in [0.15, 0.2) is 75.7 Å². The molecule has 0 saturated carbocycles. The molecule has 0 fully saturated rings. The standard InChI is InChI=1S/C30H29N3O5S/c1-17(2)38-29(36)26-18(3)31-30-33(27(26)20-11-7-6-8-12-20)28(35)24(39-30)15-22-19(4)32(16-25(34)37-5)23-14-10-9-13-21(22)23/h6-15,17,27H,16H2,1-5H3. The molecule has 4 aromatic rings. The smallest absolute Gasteiger partial charge is 0.338 e. The molecule has 0 saturated heterocycles. The Morgan fingerprint density at radius 1 is 1.08 bits per heavy atom. The SMILES string of the molecule is COC(=O)Cn1c(C)c(C=c2sc3n(c2=O)C(c2ccccc2)C(C(=O)OC(C)C)=C(C)N=3)c2ccccc21. The van der Waals surface area contributed by atoms with Crippen molar-refractivity contribution in [1.29, 1.82) is 0 Å². The fraction of sp³-hybridized carbons (Fsp3) is 0.267. The van der Waals surface area contributed by atoms with Crippen molar-refractivity contribution in [1.82, 2.24) is 9.13 Å². The number of carbonyl (C=O) groups is 2. The maximum Gasteiger partial charge on any atom is 0.338 e. The van der Waals surface area contributed by atoms with Crippen molar-refractivity contribution >= 4 is 40.3 Å². The quantitative estimate of drug-likeness (QED) is 0.347. The molecular weight excluding hydrogens is 514 g/mol. The number of fused-ring (bicyclic) bond motifs is 2. The summed E-state index contributed by atoms with van der Waals surface area (Å²) in [5.74, 6) is -0.847. The molecule has 1 atom stereocenters. The van der Waals surface area contributed by atoms with Crippen molar-refractivity contribution in [2.24, 2.45) is 4.99 Å². The Kier molecular flexibility index (Phi) is 7.10. The van der Waals surface area contributed by atoms with E-state index in [1.807, 2.05) is 72.2 Å². The highest BCUT2D eigenvalue weighted by Gasteiger charge is 2.33. The van der Waals surface area contributed by atoms with Gasteiger partial charge in [0.15, 0.2) is 4.80 Å². The van der Waals surface area contributed by atoms with E-state index in [0.29, 0.717) is 20.6 Å². The van der Waals surface area contributed by atoms with E-state index in [-0.39, 0.29) is 24.2 Å². The van der Waals surface area contributed by atoms with Gasteiger partial charge in [-0.1, -0.05) is 59.9 Å². The number of aromatic nitrogens is 2. The van der Waals surface area contributed by atoms with Gasteiger partial charge in [-0.25, -0.2) is 9.79 Å². The first-order valence-corrected chi connectivity index (χ1v) is 13.5. The minimum Gasteiger partial charge on any atom is -0.468 e. The van der Waals surface area contributed by atoms with E-state index >= 15 is 0 Å². The number of thiazole rings is 1. The number of methoxy groups -OCH3 is 1. The summed E-state index contributed by atoms with van der Waals surface area (Å²) < 4.78 is 14.4. The van der Waals surface area contributed by atoms with Crippen LogP contribution < -0.4 is 14.9 Å². The van der Waals surface area contributed by atoms with Crippen molar-refractivity contribution < 1.29 is 19.1 Å². The summed E-state index contributed by atoms with van der Waals surface area (Å²) in [6.07, 6.45) is 1.53. The molecule has 0 aliphatic carbocycles. The van der Waals surface area contributed by atoms with Gasteiger partial charge in [0, 0.05) is 22.2 Å². The Morgan fingerprint density at radius 2 is 1.77 bits per heavy atom. The number of allylic oxidation sites excluding steroid dienone is 1. The minimum atomic E-state index is -0.669. The highest BCUT2D eigenvalue weighted by atomic mass is 32.1. The van der Waals surface area contributed by atoms with E-state index in [1.165, 1.54) is 18.4 Å². The van der Waals surface area contributed by atoms with E-state index in [4.69, 9.17) is 9.47 Å². The Labute approximate surface area is 229 Å². The van der Waals surface area contributed by atoms with Crippen LogP contribution in [0.1, 0.15) is 43.6 Å². The van der Waals surface area contributed by atoms with Crippen molar-refractivity contribution in [3.05, 3.63) is 102 Å². The maximum atomic E-state index is 14.0. The molecule has 9 heteroatoms. The van der Waals surface area contributed by atoms with Gasteiger partial charge in [0.25, 0.3) is 5.56 Å². The zero-order valence-corrected chi connectivity index (χ0v) is 23.2. The van der Waals surface area contributed by atoms with Crippen molar-refractivity contribution in [2.75, 3.05) is 7.11 Å². The Bertz CT molecular complexity index is 1810. The Morgan fingerprint density at radius 3 is 2.46 bits per heavy atom. The number of para-hydroxylation sites is 1. The summed E-state index contributed by atoms with van der Waals surface area (Å²) in [5.41, 5.74) is 3.96. The predicted molar refractivity (Wildman–Crippen MR) is 150 cm³/mol. The lowest BCUT2D eigenvalue weighted by atomic mass is 9.96. The second kappa shape index (κ2) is 10.5. The van der Waals surface area contributed by atoms with Gasteiger partial charge in [-0.3, -0.25) is 14.2 Å². The lowest BCUT2D eigenvalue weighted by Crippen LogP contribution is -2.40. The van der Waals surface area contributed by atoms with Crippen LogP contribution in [0.25, 0.3) is 17.0 Å². The molecule has 5 rings (SSSR count). The van der Waals surface area contributed by atoms with E-state index in [9.17, 15) is 14.4 Å². The molecule has 0 N–H and O–H groups in total. The fourth-order valence-electron chi connectivity index (χ4n) is 4.98. The number of carbonyl (C=O) groups excluding carboxylic acids is 2. The fourth-order valence-corrected chi connectivity index (χ4v) is 6.01. The zero-order valence-electron chi connectivity index (χ0n) is 22.4. The van der Waals surface area contributed by atoms with Crippen LogP contribution in [0.4, 0.5) is 0 Å². The van der Waals surface area contributed by atoms with E-state index < -0.39 is 12.0 Å². The average Bonchev–Trinajstić information content (AvgIpc) is 3.36. The minimum absolute atomic E-state index is 0.0620. The summed E-state index contributed by atoms with van der Waals surface area (Å²) >= 11 is 1.27. The summed E-state index contributed by atoms with van der Waals surface area (Å²) in [4.78, 5) is 44.5. The first-order valence-electron chi connectivity index (χ1n) is 12.6. The number of hydrogen-bond donors (Lipinski definition) is 0. The summed E-state index contributed by atoms with van der Waals surface area (Å²) in [6, 6.07) is 16.5. The second-order valence-corrected chi connectivity index (χ2v) is 10.6. The van der Waals surface area contributed by atoms with Crippen LogP contribution in [0, 0.1) is 6.92 Å². The van der Waals surface area contributed by atoms with Crippen molar-refractivity contribution in [3.8, 4) is 0 Å². The summed E-state index contributed by atoms with van der Waals surface area (Å²) in [7, 11) is 1.36. The molecule has 0 amide bonds. The number of esters is 2. The molecule has 1 aliphatic heterocycles. The Hall–Kier alpha value is -4.24. The summed E-state index contributed by atoms with van der Waals surface area (Å²) in [5, 5.41) is 0.918. The van der Waals surface area contributed by atoms with Crippen LogP contribution in [-0.4, -0.2) is 34.3 Å². The predicted octanol–water partition coefficient (Wildman–Crippen LogP) is 3.62. The molecule has 2 aromatic carbocycles. The third-order valence-corrected chi connectivity index (χ3v) is 7.75. The number of hydrogen-bond acceptors (Lipinski definition) is 7. The van der Waals surface area contributed by atoms with Gasteiger partial charge in [0.1, 0.15) is 6.54 Å². The van der Waals surface area contributed by atoms with Gasteiger partial charge < -0.3 is 14.0 Å². The lowest BCUT2D eigenvalue weighted by molar-refractivity contribution is -0.143. The van der Waals surface area contributed by atoms with E-state index in [2.05, 4.69) is 4.99 Å². The number of benzene rings is 2. The maximum absolute atomic E-state index is 14.0. The van der Waals surface area contributed by atoms with Crippen LogP contribution in [0.2, 0.25) is 0 Å². The lowest BCUT2D eigenvalue weighted by Gasteiger charge is -2.25. The van der Waals surface area contributed by atoms with Crippen molar-refractivity contribution in [2.45, 2.75) is 46.4 Å². The van der Waals surface area contributed by atoms with Gasteiger partial charge in [-0.15, -0.1) is 0 Å². The largest absolute Gasteiger partial charge is 0.468 e. The molecule has 39 heavy (non-hydrogen) atoms. The zero-order chi connectivity index (χ0) is 27.8. The average molecular weight is 544 g/mol. The topological polar surface area (TPSA) is 91.9 Å². The molecule has 1 aliphatic rings. The van der Waals surface area contributed by atoms with Gasteiger partial charge in [0.2, 0.25) is 0 Å². The van der Waals surface area contributed by atoms with E-state index in [1.54, 1.807) is 25.3 Å².